The summed E-state index contributed by atoms with van der Waals surface area (Å²) >= 11 is 0.958. The Labute approximate surface area is 65.5 Å². The van der Waals surface area contributed by atoms with Crippen LogP contribution >= 0.6 is 10.1 Å². The maximum absolute atomic E-state index is 4.21. The molecule has 0 radical (unpaired) electrons. The molecule has 0 aromatic heterocycles. The average Bonchev–Trinajstić information content (AvgIpc) is 1.00. The summed E-state index contributed by atoms with van der Waals surface area (Å²) in [5, 5.41) is 0. The third kappa shape index (κ3) is 1160. The van der Waals surface area contributed by atoms with Crippen molar-refractivity contribution in [3.8, 4) is 0 Å². The van der Waals surface area contributed by atoms with E-state index in [9.17, 15) is 0 Å². The molecule has 0 aromatic carbocycles. The van der Waals surface area contributed by atoms with Gasteiger partial charge in [0.1, 0.15) is 0 Å². The molecule has 0 unspecified atom stereocenters. The molecule has 0 spiro atoms. The summed E-state index contributed by atoms with van der Waals surface area (Å²) in [6.07, 6.45) is 0. The van der Waals surface area contributed by atoms with Gasteiger partial charge in [0.15, 0.2) is 0 Å². The second kappa shape index (κ2) is 1540. The van der Waals surface area contributed by atoms with E-state index in [1.807, 2.05) is 0 Å². The third-order valence-electron chi connectivity index (χ3n) is 0. The van der Waals surface area contributed by atoms with Gasteiger partial charge in [-0.2, -0.15) is 0 Å². The summed E-state index contributed by atoms with van der Waals surface area (Å²) in [4.78, 5) is 0. The van der Waals surface area contributed by atoms with Crippen molar-refractivity contribution < 1.29 is 54.9 Å². The first-order valence-corrected chi connectivity index (χ1v) is 4.50. The fourth-order valence-corrected chi connectivity index (χ4v) is 0. The van der Waals surface area contributed by atoms with Crippen LogP contribution < -0.4 is 0 Å². The van der Waals surface area contributed by atoms with Gasteiger partial charge in [-0.3, -0.25) is 0 Å². The summed E-state index contributed by atoms with van der Waals surface area (Å²) < 4.78 is 0. The molecule has 0 aliphatic rings. The van der Waals surface area contributed by atoms with Crippen LogP contribution in [0, 0.1) is 0 Å². The zero-order chi connectivity index (χ0) is 2.00. The van der Waals surface area contributed by atoms with Gasteiger partial charge in [0.05, 0.1) is 0 Å². The second-order valence-corrected chi connectivity index (χ2v) is 0. The minimum absolute atomic E-state index is 0. The van der Waals surface area contributed by atoms with E-state index in [-0.39, 0.29) is 38.3 Å². The van der Waals surface area contributed by atoms with Gasteiger partial charge in [-0.25, -0.2) is 0 Å². The van der Waals surface area contributed by atoms with Gasteiger partial charge < -0.3 is 38.3 Å². The van der Waals surface area contributed by atoms with E-state index in [0.29, 0.717) is 0 Å². The molecule has 0 saturated carbocycles. The van der Waals surface area contributed by atoms with Crippen LogP contribution in [0.2, 0.25) is 0 Å². The molecule has 0 amide bonds. The van der Waals surface area contributed by atoms with Crippen LogP contribution in [0.5, 0.6) is 0 Å². The van der Waals surface area contributed by atoms with Gasteiger partial charge in [-0.05, 0) is 0 Å². The second-order valence-electron chi connectivity index (χ2n) is 0. The standard InChI is InChI=1S/7H2O.S.Zn/h7*1H2;;. The Hall–Kier alpha value is 0.563. The van der Waals surface area contributed by atoms with Crippen LogP contribution in [0.3, 0.4) is 0 Å². The van der Waals surface area contributed by atoms with Crippen molar-refractivity contribution in [1.29, 1.82) is 0 Å². The zero-order valence-corrected chi connectivity index (χ0v) is 8.40. The van der Waals surface area contributed by atoms with E-state index in [1.54, 1.807) is 0 Å². The molecule has 9 heavy (non-hydrogen) atoms. The van der Waals surface area contributed by atoms with E-state index < -0.39 is 0 Å². The molecule has 64 valence electrons. The van der Waals surface area contributed by atoms with Crippen molar-refractivity contribution in [2.45, 2.75) is 0 Å². The van der Waals surface area contributed by atoms with Gasteiger partial charge in [0.25, 0.3) is 0 Å². The summed E-state index contributed by atoms with van der Waals surface area (Å²) in [7, 11) is 4.21. The summed E-state index contributed by atoms with van der Waals surface area (Å²) in [5.41, 5.74) is 0. The van der Waals surface area contributed by atoms with Crippen LogP contribution in [0.1, 0.15) is 0 Å². The van der Waals surface area contributed by atoms with Crippen molar-refractivity contribution in [1.82, 2.24) is 0 Å². The van der Waals surface area contributed by atoms with Crippen LogP contribution in [0.15, 0.2) is 0 Å². The molecule has 0 heterocycles. The summed E-state index contributed by atoms with van der Waals surface area (Å²) in [5.74, 6) is 0. The molecule has 0 bridgehead atoms. The Morgan fingerprint density at radius 3 is 0.444 bits per heavy atom. The quantitative estimate of drug-likeness (QED) is 0.361. The summed E-state index contributed by atoms with van der Waals surface area (Å²) in [6.45, 7) is 0. The molecule has 0 rings (SSSR count). The predicted octanol–water partition coefficient (Wildman–Crippen LogP) is -5.13. The Morgan fingerprint density at radius 2 is 0.444 bits per heavy atom. The monoisotopic (exact) mass is 222 g/mol. The Balaban J connectivity index is -0.000000000238. The minimum atomic E-state index is 0. The SMILES string of the molecule is O.O.O.O.O.O.O.[S]=[Zn]. The van der Waals surface area contributed by atoms with Crippen LogP contribution in [0.25, 0.3) is 0 Å². The molecular formula is H14O7SZn. The van der Waals surface area contributed by atoms with Gasteiger partial charge in [0.2, 0.25) is 0 Å². The first-order valence-electron chi connectivity index (χ1n) is 0.289. The molecule has 0 atom stereocenters. The zero-order valence-electron chi connectivity index (χ0n) is 4.62. The molecule has 14 N–H and O–H groups in total. The predicted molar refractivity (Wildman–Crippen MR) is 32.9 cm³/mol. The Morgan fingerprint density at radius 1 is 0.444 bits per heavy atom. The van der Waals surface area contributed by atoms with E-state index in [1.165, 1.54) is 0 Å². The number of hydrogen-bond donors (Lipinski definition) is 0. The molecule has 7 nitrogen and oxygen atoms in total. The molecule has 9 heteroatoms. The number of rotatable bonds is 0. The van der Waals surface area contributed by atoms with Crippen molar-refractivity contribution in [3.05, 3.63) is 0 Å². The van der Waals surface area contributed by atoms with Gasteiger partial charge in [0, 0.05) is 0 Å². The number of hydrogen-bond acceptors (Lipinski definition) is 1. The van der Waals surface area contributed by atoms with Crippen LogP contribution in [-0.4, -0.2) is 38.3 Å². The van der Waals surface area contributed by atoms with Crippen molar-refractivity contribution in [2.75, 3.05) is 0 Å². The fourth-order valence-electron chi connectivity index (χ4n) is 0. The Bertz CT molecular complexity index is 8.88. The van der Waals surface area contributed by atoms with E-state index in [4.69, 9.17) is 0 Å². The normalized spacial score (nSPS) is 0.667. The van der Waals surface area contributed by atoms with Crippen molar-refractivity contribution in [3.63, 3.8) is 0 Å². The van der Waals surface area contributed by atoms with Crippen molar-refractivity contribution in [2.24, 2.45) is 0 Å². The molecule has 0 saturated heterocycles. The van der Waals surface area contributed by atoms with Gasteiger partial charge >= 0.3 is 26.7 Å². The van der Waals surface area contributed by atoms with Crippen LogP contribution in [-0.2, 0) is 16.6 Å². The Kier molecular flexibility index (Phi) is 49200. The van der Waals surface area contributed by atoms with E-state index in [2.05, 4.69) is 10.1 Å². The van der Waals surface area contributed by atoms with Crippen LogP contribution in [0.4, 0.5) is 0 Å². The van der Waals surface area contributed by atoms with Gasteiger partial charge in [-0.15, -0.1) is 0 Å². The van der Waals surface area contributed by atoms with Gasteiger partial charge in [-0.1, -0.05) is 0 Å². The third-order valence-corrected chi connectivity index (χ3v) is 0. The average molecular weight is 224 g/mol. The molecule has 0 aliphatic carbocycles. The maximum atomic E-state index is 4.21. The van der Waals surface area contributed by atoms with E-state index >= 15 is 0 Å². The molecule has 0 aliphatic heterocycles. The van der Waals surface area contributed by atoms with E-state index in [0.717, 1.165) is 16.6 Å². The van der Waals surface area contributed by atoms with Crippen molar-refractivity contribution >= 4 is 10.1 Å². The molecule has 0 aromatic rings. The summed E-state index contributed by atoms with van der Waals surface area (Å²) in [6, 6.07) is 0. The first-order chi connectivity index (χ1) is 1.00. The topological polar surface area (TPSA) is 220 Å². The molecule has 0 fully saturated rings. The first kappa shape index (κ1) is 287. The fraction of sp³-hybridized carbons (Fsp3) is 0. The molecular weight excluding hydrogens is 209 g/mol.